The van der Waals surface area contributed by atoms with E-state index in [4.69, 9.17) is 4.74 Å². The Morgan fingerprint density at radius 2 is 1.52 bits per heavy atom. The van der Waals surface area contributed by atoms with Crippen LogP contribution in [0.15, 0.2) is 30.3 Å². The summed E-state index contributed by atoms with van der Waals surface area (Å²) in [5, 5.41) is 16.5. The number of carboxylic acid groups (broad SMARTS) is 1. The highest BCUT2D eigenvalue weighted by Gasteiger charge is 2.20. The van der Waals surface area contributed by atoms with Gasteiger partial charge in [-0.2, -0.15) is 0 Å². The van der Waals surface area contributed by atoms with Crippen LogP contribution in [0.5, 0.6) is 5.75 Å². The third-order valence-electron chi connectivity index (χ3n) is 4.88. The highest BCUT2D eigenvalue weighted by molar-refractivity contribution is 5.75. The highest BCUT2D eigenvalue weighted by atomic mass is 16.5. The third kappa shape index (κ3) is 16.1. The second-order valence-electron chi connectivity index (χ2n) is 9.14. The van der Waals surface area contributed by atoms with E-state index < -0.39 is 12.0 Å². The fourth-order valence-corrected chi connectivity index (χ4v) is 3.46. The number of urea groups is 1. The van der Waals surface area contributed by atoms with Gasteiger partial charge in [0, 0.05) is 18.9 Å². The van der Waals surface area contributed by atoms with Crippen molar-refractivity contribution in [2.75, 3.05) is 40.8 Å². The number of carbonyl (C=O) groups is 2. The molecule has 0 radical (unpaired) electrons. The molecule has 0 aliphatic heterocycles. The zero-order chi connectivity index (χ0) is 23.0. The summed E-state index contributed by atoms with van der Waals surface area (Å²) in [5.74, 6) is -0.213. The van der Waals surface area contributed by atoms with Crippen molar-refractivity contribution in [3.8, 4) is 5.75 Å². The zero-order valence-electron chi connectivity index (χ0n) is 19.5. The Kier molecular flexibility index (Phi) is 13.4. The van der Waals surface area contributed by atoms with Crippen molar-refractivity contribution in [1.82, 2.24) is 10.6 Å². The minimum absolute atomic E-state index is 0.179. The molecule has 31 heavy (non-hydrogen) atoms. The second kappa shape index (κ2) is 15.5. The predicted molar refractivity (Wildman–Crippen MR) is 122 cm³/mol. The van der Waals surface area contributed by atoms with Crippen molar-refractivity contribution in [3.05, 3.63) is 30.3 Å². The van der Waals surface area contributed by atoms with Gasteiger partial charge in [-0.05, 0) is 25.0 Å². The number of carboxylic acids is 1. The summed E-state index contributed by atoms with van der Waals surface area (Å²) >= 11 is 0. The number of carbonyl (C=O) groups excluding carboxylic acids is 2. The number of unbranched alkanes of at least 4 members (excludes halogenated alkanes) is 7. The number of nitrogens with zero attached hydrogens (tertiary/aromatic N) is 1. The summed E-state index contributed by atoms with van der Waals surface area (Å²) in [5.41, 5.74) is 0. The molecule has 0 spiro atoms. The van der Waals surface area contributed by atoms with Crippen molar-refractivity contribution in [1.29, 1.82) is 0 Å². The van der Waals surface area contributed by atoms with Gasteiger partial charge in [0.25, 0.3) is 0 Å². The smallest absolute Gasteiger partial charge is 0.315 e. The van der Waals surface area contributed by atoms with Crippen LogP contribution >= 0.6 is 0 Å². The van der Waals surface area contributed by atoms with Crippen LogP contribution in [-0.2, 0) is 4.79 Å². The largest absolute Gasteiger partial charge is 0.550 e. The van der Waals surface area contributed by atoms with Gasteiger partial charge in [-0.25, -0.2) is 4.79 Å². The first-order valence-corrected chi connectivity index (χ1v) is 11.5. The molecular weight excluding hydrogens is 394 g/mol. The van der Waals surface area contributed by atoms with Gasteiger partial charge in [-0.1, -0.05) is 56.7 Å². The molecule has 7 nitrogen and oxygen atoms in total. The van der Waals surface area contributed by atoms with E-state index in [-0.39, 0.29) is 12.5 Å². The van der Waals surface area contributed by atoms with Crippen LogP contribution in [-0.4, -0.2) is 63.4 Å². The standard InChI is InChI=1S/C24H41N3O4/c1-27(2,3)20-21(19-23(28)29)26-24(30)25-17-13-8-6-4-5-7-9-14-18-31-22-15-11-10-12-16-22/h10-12,15-16,21H,4-9,13-14,17-20H2,1-3H3,(H2-,25,26,28,29,30)/t21-/m1/s1. The summed E-state index contributed by atoms with van der Waals surface area (Å²) in [6.45, 7) is 1.90. The maximum Gasteiger partial charge on any atom is 0.315 e. The predicted octanol–water partition coefficient (Wildman–Crippen LogP) is 2.70. The quantitative estimate of drug-likeness (QED) is 0.291. The van der Waals surface area contributed by atoms with E-state index in [0.29, 0.717) is 17.6 Å². The molecule has 0 aromatic heterocycles. The molecular formula is C24H41N3O4. The molecule has 0 bridgehead atoms. The lowest BCUT2D eigenvalue weighted by atomic mass is 10.1. The monoisotopic (exact) mass is 435 g/mol. The van der Waals surface area contributed by atoms with Crippen LogP contribution in [0.25, 0.3) is 0 Å². The number of hydrogen-bond donors (Lipinski definition) is 2. The maximum atomic E-state index is 12.0. The fourth-order valence-electron chi connectivity index (χ4n) is 3.46. The van der Waals surface area contributed by atoms with Crippen molar-refractivity contribution in [3.63, 3.8) is 0 Å². The van der Waals surface area contributed by atoms with Gasteiger partial charge >= 0.3 is 6.03 Å². The molecule has 0 heterocycles. The SMILES string of the molecule is C[N+](C)(C)C[C@@H](CC(=O)[O-])NC(=O)NCCCCCCCCCCOc1ccccc1. The van der Waals surface area contributed by atoms with E-state index in [0.717, 1.165) is 31.6 Å². The van der Waals surface area contributed by atoms with Crippen LogP contribution in [0.3, 0.4) is 0 Å². The zero-order valence-corrected chi connectivity index (χ0v) is 19.5. The molecule has 2 N–H and O–H groups in total. The first kappa shape index (κ1) is 26.8. The third-order valence-corrected chi connectivity index (χ3v) is 4.88. The molecule has 0 fully saturated rings. The van der Waals surface area contributed by atoms with Crippen LogP contribution < -0.4 is 20.5 Å². The minimum Gasteiger partial charge on any atom is -0.550 e. The van der Waals surface area contributed by atoms with E-state index in [1.165, 1.54) is 32.1 Å². The number of hydrogen-bond acceptors (Lipinski definition) is 4. The number of amides is 2. The number of nitrogens with one attached hydrogen (secondary N) is 2. The number of benzene rings is 1. The molecule has 0 saturated carbocycles. The number of para-hydroxylation sites is 1. The fraction of sp³-hybridized carbons (Fsp3) is 0.667. The Hall–Kier alpha value is -2.28. The van der Waals surface area contributed by atoms with Crippen LogP contribution in [0.1, 0.15) is 57.8 Å². The summed E-state index contributed by atoms with van der Waals surface area (Å²) in [7, 11) is 5.88. The van der Waals surface area contributed by atoms with Gasteiger partial charge in [-0.15, -0.1) is 0 Å². The van der Waals surface area contributed by atoms with Crippen molar-refractivity contribution < 1.29 is 23.9 Å². The Morgan fingerprint density at radius 3 is 2.10 bits per heavy atom. The average molecular weight is 436 g/mol. The lowest BCUT2D eigenvalue weighted by molar-refractivity contribution is -0.871. The summed E-state index contributed by atoms with van der Waals surface area (Å²) in [4.78, 5) is 22.9. The van der Waals surface area contributed by atoms with E-state index in [9.17, 15) is 14.7 Å². The first-order chi connectivity index (χ1) is 14.8. The normalized spacial score (nSPS) is 12.2. The molecule has 0 unspecified atom stereocenters. The number of aliphatic carboxylic acids is 1. The molecule has 0 aliphatic rings. The van der Waals surface area contributed by atoms with Gasteiger partial charge < -0.3 is 29.8 Å². The molecule has 176 valence electrons. The van der Waals surface area contributed by atoms with Gasteiger partial charge in [0.2, 0.25) is 0 Å². The molecule has 1 aromatic rings. The Bertz CT molecular complexity index is 617. The van der Waals surface area contributed by atoms with E-state index in [1.54, 1.807) is 0 Å². The summed E-state index contributed by atoms with van der Waals surface area (Å²) in [6, 6.07) is 9.17. The number of ether oxygens (including phenoxy) is 1. The molecule has 1 rings (SSSR count). The van der Waals surface area contributed by atoms with E-state index in [1.807, 2.05) is 51.5 Å². The van der Waals surface area contributed by atoms with Crippen molar-refractivity contribution >= 4 is 12.0 Å². The molecule has 0 saturated heterocycles. The molecule has 0 aliphatic carbocycles. The minimum atomic E-state index is -1.15. The van der Waals surface area contributed by atoms with Gasteiger partial charge in [0.1, 0.15) is 5.75 Å². The summed E-state index contributed by atoms with van der Waals surface area (Å²) < 4.78 is 6.26. The lowest BCUT2D eigenvalue weighted by Gasteiger charge is -2.30. The topological polar surface area (TPSA) is 90.5 Å². The number of rotatable bonds is 17. The van der Waals surface area contributed by atoms with E-state index in [2.05, 4.69) is 10.6 Å². The van der Waals surface area contributed by atoms with Crippen LogP contribution in [0.2, 0.25) is 0 Å². The van der Waals surface area contributed by atoms with Gasteiger partial charge in [0.15, 0.2) is 0 Å². The van der Waals surface area contributed by atoms with Gasteiger partial charge in [0.05, 0.1) is 40.3 Å². The Balaban J connectivity index is 1.96. The Morgan fingerprint density at radius 1 is 0.935 bits per heavy atom. The summed E-state index contributed by atoms with van der Waals surface area (Å²) in [6.07, 6.45) is 8.94. The number of quaternary nitrogens is 1. The van der Waals surface area contributed by atoms with Gasteiger partial charge in [-0.3, -0.25) is 0 Å². The molecule has 2 amide bonds. The molecule has 7 heteroatoms. The Labute approximate surface area is 187 Å². The lowest BCUT2D eigenvalue weighted by Crippen LogP contribution is -2.53. The van der Waals surface area contributed by atoms with E-state index >= 15 is 0 Å². The average Bonchev–Trinajstić information content (AvgIpc) is 2.67. The molecule has 1 aromatic carbocycles. The van der Waals surface area contributed by atoms with Crippen LogP contribution in [0, 0.1) is 0 Å². The maximum absolute atomic E-state index is 12.0. The number of likely N-dealkylation sites (N-methyl/N-ethyl adjacent to an activating group) is 1. The first-order valence-electron chi connectivity index (χ1n) is 11.5. The van der Waals surface area contributed by atoms with Crippen molar-refractivity contribution in [2.24, 2.45) is 0 Å². The van der Waals surface area contributed by atoms with Crippen molar-refractivity contribution in [2.45, 2.75) is 63.8 Å². The molecule has 1 atom stereocenters. The highest BCUT2D eigenvalue weighted by Crippen LogP contribution is 2.11. The second-order valence-corrected chi connectivity index (χ2v) is 9.14. The van der Waals surface area contributed by atoms with Crippen LogP contribution in [0.4, 0.5) is 4.79 Å².